The molecule has 2 atom stereocenters. The predicted molar refractivity (Wildman–Crippen MR) is 64.3 cm³/mol. The minimum absolute atomic E-state index is 0.243. The summed E-state index contributed by atoms with van der Waals surface area (Å²) in [5, 5.41) is 9.50. The van der Waals surface area contributed by atoms with E-state index in [9.17, 15) is 5.11 Å². The van der Waals surface area contributed by atoms with Gasteiger partial charge in [0.2, 0.25) is 0 Å². The molecule has 3 N–H and O–H groups in total. The monoisotopic (exact) mass is 237 g/mol. The molecule has 0 radical (unpaired) electrons. The Morgan fingerprint density at radius 2 is 2.13 bits per heavy atom. The van der Waals surface area contributed by atoms with E-state index in [4.69, 9.17) is 15.2 Å². The Bertz CT molecular complexity index is 136. The molecular formula is C10H23NO3S. The molecule has 0 aliphatic carbocycles. The van der Waals surface area contributed by atoms with E-state index in [2.05, 4.69) is 0 Å². The van der Waals surface area contributed by atoms with Crippen LogP contribution in [0.4, 0.5) is 0 Å². The van der Waals surface area contributed by atoms with Crippen molar-refractivity contribution in [3.05, 3.63) is 0 Å². The third-order valence-corrected chi connectivity index (χ3v) is 2.91. The summed E-state index contributed by atoms with van der Waals surface area (Å²) in [6, 6.07) is 0.243. The Labute approximate surface area is 96.5 Å². The predicted octanol–water partition coefficient (Wildman–Crippen LogP) is 0.481. The maximum atomic E-state index is 9.50. The molecule has 0 aromatic rings. The van der Waals surface area contributed by atoms with Crippen molar-refractivity contribution >= 4 is 11.8 Å². The lowest BCUT2D eigenvalue weighted by Crippen LogP contribution is -2.20. The van der Waals surface area contributed by atoms with Gasteiger partial charge in [-0.1, -0.05) is 0 Å². The number of methoxy groups -OCH3 is 1. The Kier molecular flexibility index (Phi) is 10.8. The quantitative estimate of drug-likeness (QED) is 0.541. The first-order valence-corrected chi connectivity index (χ1v) is 6.40. The van der Waals surface area contributed by atoms with Gasteiger partial charge in [-0.25, -0.2) is 0 Å². The highest BCUT2D eigenvalue weighted by atomic mass is 32.2. The lowest BCUT2D eigenvalue weighted by molar-refractivity contribution is 0.0218. The second-order valence-electron chi connectivity index (χ2n) is 3.56. The average Bonchev–Trinajstić information content (AvgIpc) is 2.19. The lowest BCUT2D eigenvalue weighted by Gasteiger charge is -2.11. The van der Waals surface area contributed by atoms with Crippen LogP contribution < -0.4 is 5.73 Å². The van der Waals surface area contributed by atoms with Crippen LogP contribution in [0, 0.1) is 0 Å². The van der Waals surface area contributed by atoms with Crippen LogP contribution in [0.3, 0.4) is 0 Å². The molecule has 0 aromatic heterocycles. The molecule has 0 fully saturated rings. The Hall–Kier alpha value is 0.190. The first kappa shape index (κ1) is 15.2. The summed E-state index contributed by atoms with van der Waals surface area (Å²) in [5.74, 6) is 1.70. The molecule has 0 rings (SSSR count). The van der Waals surface area contributed by atoms with Gasteiger partial charge in [-0.3, -0.25) is 0 Å². The van der Waals surface area contributed by atoms with E-state index in [0.717, 1.165) is 12.2 Å². The third kappa shape index (κ3) is 12.1. The van der Waals surface area contributed by atoms with E-state index in [1.165, 1.54) is 0 Å². The standard InChI is InChI=1S/C10H23NO3S/c1-9(11)3-6-15-8-10(12)7-14-5-4-13-2/h9-10,12H,3-8,11H2,1-2H3. The SMILES string of the molecule is COCCOCC(O)CSCCC(C)N. The van der Waals surface area contributed by atoms with E-state index < -0.39 is 0 Å². The van der Waals surface area contributed by atoms with Crippen LogP contribution in [-0.4, -0.2) is 55.7 Å². The van der Waals surface area contributed by atoms with Crippen molar-refractivity contribution in [3.8, 4) is 0 Å². The smallest absolute Gasteiger partial charge is 0.0863 e. The number of hydrogen-bond acceptors (Lipinski definition) is 5. The van der Waals surface area contributed by atoms with Crippen molar-refractivity contribution in [2.75, 3.05) is 38.4 Å². The highest BCUT2D eigenvalue weighted by Crippen LogP contribution is 2.06. The highest BCUT2D eigenvalue weighted by molar-refractivity contribution is 7.99. The van der Waals surface area contributed by atoms with Crippen LogP contribution in [-0.2, 0) is 9.47 Å². The second-order valence-corrected chi connectivity index (χ2v) is 4.71. The number of aliphatic hydroxyl groups excluding tert-OH is 1. The van der Waals surface area contributed by atoms with E-state index in [1.54, 1.807) is 18.9 Å². The average molecular weight is 237 g/mol. The van der Waals surface area contributed by atoms with Crippen molar-refractivity contribution in [1.29, 1.82) is 0 Å². The normalized spacial score (nSPS) is 15.2. The molecule has 0 bridgehead atoms. The summed E-state index contributed by atoms with van der Waals surface area (Å²) >= 11 is 1.71. The maximum absolute atomic E-state index is 9.50. The fraction of sp³-hybridized carbons (Fsp3) is 1.00. The number of nitrogens with two attached hydrogens (primary N) is 1. The lowest BCUT2D eigenvalue weighted by atomic mass is 10.3. The van der Waals surface area contributed by atoms with Gasteiger partial charge in [0.05, 0.1) is 25.9 Å². The fourth-order valence-corrected chi connectivity index (χ4v) is 1.97. The zero-order valence-electron chi connectivity index (χ0n) is 9.65. The van der Waals surface area contributed by atoms with Gasteiger partial charge in [0.15, 0.2) is 0 Å². The van der Waals surface area contributed by atoms with Gasteiger partial charge in [-0.15, -0.1) is 0 Å². The van der Waals surface area contributed by atoms with E-state index >= 15 is 0 Å². The van der Waals surface area contributed by atoms with E-state index in [-0.39, 0.29) is 12.1 Å². The zero-order chi connectivity index (χ0) is 11.5. The van der Waals surface area contributed by atoms with Gasteiger partial charge < -0.3 is 20.3 Å². The molecule has 0 aliphatic heterocycles. The van der Waals surface area contributed by atoms with Gasteiger partial charge >= 0.3 is 0 Å². The largest absolute Gasteiger partial charge is 0.390 e. The maximum Gasteiger partial charge on any atom is 0.0863 e. The molecule has 0 heterocycles. The van der Waals surface area contributed by atoms with E-state index in [1.807, 2.05) is 6.92 Å². The molecule has 0 amide bonds. The van der Waals surface area contributed by atoms with Crippen LogP contribution in [0.25, 0.3) is 0 Å². The van der Waals surface area contributed by atoms with Crippen molar-refractivity contribution in [2.24, 2.45) is 5.73 Å². The second kappa shape index (κ2) is 10.7. The van der Waals surface area contributed by atoms with Gasteiger partial charge in [0.25, 0.3) is 0 Å². The summed E-state index contributed by atoms with van der Waals surface area (Å²) in [6.07, 6.45) is 0.599. The summed E-state index contributed by atoms with van der Waals surface area (Å²) < 4.78 is 10.0. The fourth-order valence-electron chi connectivity index (χ4n) is 0.898. The van der Waals surface area contributed by atoms with Gasteiger partial charge in [-0.2, -0.15) is 11.8 Å². The number of aliphatic hydroxyl groups is 1. The Morgan fingerprint density at radius 3 is 2.73 bits per heavy atom. The molecule has 5 heteroatoms. The van der Waals surface area contributed by atoms with E-state index in [0.29, 0.717) is 25.6 Å². The van der Waals surface area contributed by atoms with Crippen LogP contribution in [0.15, 0.2) is 0 Å². The van der Waals surface area contributed by atoms with Crippen molar-refractivity contribution in [3.63, 3.8) is 0 Å². The molecule has 4 nitrogen and oxygen atoms in total. The molecule has 0 saturated carbocycles. The number of ether oxygens (including phenoxy) is 2. The summed E-state index contributed by atoms with van der Waals surface area (Å²) in [6.45, 7) is 3.49. The Morgan fingerprint density at radius 1 is 1.40 bits per heavy atom. The number of hydrogen-bond donors (Lipinski definition) is 2. The first-order chi connectivity index (χ1) is 7.16. The molecule has 0 saturated heterocycles. The zero-order valence-corrected chi connectivity index (χ0v) is 10.5. The first-order valence-electron chi connectivity index (χ1n) is 5.25. The highest BCUT2D eigenvalue weighted by Gasteiger charge is 2.04. The molecule has 92 valence electrons. The van der Waals surface area contributed by atoms with Crippen LogP contribution in [0.1, 0.15) is 13.3 Å². The minimum atomic E-state index is -0.389. The number of thioether (sulfide) groups is 1. The van der Waals surface area contributed by atoms with Crippen LogP contribution in [0.5, 0.6) is 0 Å². The Balaban J connectivity index is 3.15. The number of rotatable bonds is 10. The third-order valence-electron chi connectivity index (χ3n) is 1.77. The van der Waals surface area contributed by atoms with Gasteiger partial charge in [-0.05, 0) is 19.1 Å². The van der Waals surface area contributed by atoms with Gasteiger partial charge in [0.1, 0.15) is 0 Å². The van der Waals surface area contributed by atoms with Crippen LogP contribution in [0.2, 0.25) is 0 Å². The molecule has 0 spiro atoms. The van der Waals surface area contributed by atoms with Crippen molar-refractivity contribution in [1.82, 2.24) is 0 Å². The topological polar surface area (TPSA) is 64.7 Å². The summed E-state index contributed by atoms with van der Waals surface area (Å²) in [5.41, 5.74) is 5.61. The summed E-state index contributed by atoms with van der Waals surface area (Å²) in [4.78, 5) is 0. The minimum Gasteiger partial charge on any atom is -0.390 e. The summed E-state index contributed by atoms with van der Waals surface area (Å²) in [7, 11) is 1.63. The molecule has 0 aliphatic rings. The van der Waals surface area contributed by atoms with Crippen molar-refractivity contribution in [2.45, 2.75) is 25.5 Å². The van der Waals surface area contributed by atoms with Crippen LogP contribution >= 0.6 is 11.8 Å². The molecule has 0 aromatic carbocycles. The molecule has 15 heavy (non-hydrogen) atoms. The molecular weight excluding hydrogens is 214 g/mol. The molecule has 2 unspecified atom stereocenters. The van der Waals surface area contributed by atoms with Crippen molar-refractivity contribution < 1.29 is 14.6 Å². The van der Waals surface area contributed by atoms with Gasteiger partial charge in [0, 0.05) is 18.9 Å².